The van der Waals surface area contributed by atoms with Crippen molar-refractivity contribution in [2.45, 2.75) is 25.7 Å². The van der Waals surface area contributed by atoms with Crippen molar-refractivity contribution in [2.75, 3.05) is 18.4 Å². The van der Waals surface area contributed by atoms with Crippen molar-refractivity contribution in [3.05, 3.63) is 29.3 Å². The summed E-state index contributed by atoms with van der Waals surface area (Å²) in [5, 5.41) is 2.23. The fourth-order valence-electron chi connectivity index (χ4n) is 2.57. The van der Waals surface area contributed by atoms with Gasteiger partial charge in [-0.2, -0.15) is 26.3 Å². The van der Waals surface area contributed by atoms with Gasteiger partial charge >= 0.3 is 12.4 Å². The third-order valence-corrected chi connectivity index (χ3v) is 3.77. The summed E-state index contributed by atoms with van der Waals surface area (Å²) in [5.41, 5.74) is -1.09. The lowest BCUT2D eigenvalue weighted by Gasteiger charge is -2.18. The predicted octanol–water partition coefficient (Wildman–Crippen LogP) is 3.36. The second-order valence-electron chi connectivity index (χ2n) is 5.81. The highest BCUT2D eigenvalue weighted by Crippen LogP contribution is 2.33. The number of nitrogens with zero attached hydrogens (tertiary/aromatic N) is 1. The van der Waals surface area contributed by atoms with Crippen LogP contribution in [-0.4, -0.2) is 36.0 Å². The largest absolute Gasteiger partial charge is 0.416 e. The lowest BCUT2D eigenvalue weighted by atomic mass is 10.1. The molecule has 0 spiro atoms. The van der Waals surface area contributed by atoms with Crippen LogP contribution >= 0.6 is 0 Å². The fourth-order valence-corrected chi connectivity index (χ4v) is 2.57. The Morgan fingerprint density at radius 2 is 1.88 bits per heavy atom. The summed E-state index contributed by atoms with van der Waals surface area (Å²) in [4.78, 5) is 24.1. The number of alkyl halides is 6. The van der Waals surface area contributed by atoms with Gasteiger partial charge in [-0.25, -0.2) is 0 Å². The van der Waals surface area contributed by atoms with Crippen LogP contribution in [-0.2, 0) is 15.8 Å². The molecule has 1 saturated heterocycles. The van der Waals surface area contributed by atoms with Gasteiger partial charge in [0.15, 0.2) is 0 Å². The third kappa shape index (κ3) is 4.86. The Morgan fingerprint density at radius 1 is 1.24 bits per heavy atom. The SMILES string of the molecule is Cc1ccc(NC(=O)C2CC(=O)N(CC(F)(F)F)C2)cc1C(F)(F)F. The zero-order chi connectivity index (χ0) is 19.0. The van der Waals surface area contributed by atoms with Crippen LogP contribution < -0.4 is 5.32 Å². The van der Waals surface area contributed by atoms with Gasteiger partial charge < -0.3 is 10.2 Å². The third-order valence-electron chi connectivity index (χ3n) is 3.77. The Balaban J connectivity index is 2.07. The Hall–Kier alpha value is -2.26. The summed E-state index contributed by atoms with van der Waals surface area (Å²) >= 11 is 0. The van der Waals surface area contributed by atoms with Crippen molar-refractivity contribution < 1.29 is 35.9 Å². The van der Waals surface area contributed by atoms with E-state index in [2.05, 4.69) is 5.32 Å². The van der Waals surface area contributed by atoms with E-state index >= 15 is 0 Å². The molecule has 10 heteroatoms. The van der Waals surface area contributed by atoms with Crippen LogP contribution in [0, 0.1) is 12.8 Å². The lowest BCUT2D eigenvalue weighted by molar-refractivity contribution is -0.157. The van der Waals surface area contributed by atoms with Crippen molar-refractivity contribution >= 4 is 17.5 Å². The summed E-state index contributed by atoms with van der Waals surface area (Å²) in [6.45, 7) is -0.625. The Kier molecular flexibility index (Phi) is 5.01. The highest BCUT2D eigenvalue weighted by atomic mass is 19.4. The molecule has 1 fully saturated rings. The minimum Gasteiger partial charge on any atom is -0.333 e. The molecule has 4 nitrogen and oxygen atoms in total. The molecule has 1 aliphatic rings. The van der Waals surface area contributed by atoms with Crippen LogP contribution in [0.5, 0.6) is 0 Å². The number of nitrogens with one attached hydrogen (secondary N) is 1. The zero-order valence-corrected chi connectivity index (χ0v) is 13.0. The Labute approximate surface area is 138 Å². The van der Waals surface area contributed by atoms with Crippen LogP contribution in [0.25, 0.3) is 0 Å². The highest BCUT2D eigenvalue weighted by Gasteiger charge is 2.40. The number of amides is 2. The van der Waals surface area contributed by atoms with Crippen molar-refractivity contribution in [1.29, 1.82) is 0 Å². The summed E-state index contributed by atoms with van der Waals surface area (Å²) < 4.78 is 75.6. The molecule has 1 aromatic rings. The van der Waals surface area contributed by atoms with E-state index in [1.807, 2.05) is 0 Å². The molecular formula is C15H14F6N2O2. The summed E-state index contributed by atoms with van der Waals surface area (Å²) in [6.07, 6.45) is -9.60. The van der Waals surface area contributed by atoms with Gasteiger partial charge in [-0.05, 0) is 24.6 Å². The van der Waals surface area contributed by atoms with E-state index in [0.29, 0.717) is 4.90 Å². The van der Waals surface area contributed by atoms with E-state index in [-0.39, 0.29) is 11.3 Å². The molecule has 0 radical (unpaired) electrons. The molecule has 0 saturated carbocycles. The molecule has 25 heavy (non-hydrogen) atoms. The zero-order valence-electron chi connectivity index (χ0n) is 13.0. The number of aryl methyl sites for hydroxylation is 1. The van der Waals surface area contributed by atoms with Crippen LogP contribution in [0.2, 0.25) is 0 Å². The molecule has 138 valence electrons. The predicted molar refractivity (Wildman–Crippen MR) is 75.6 cm³/mol. The Bertz CT molecular complexity index is 684. The molecule has 1 aromatic carbocycles. The molecular weight excluding hydrogens is 354 g/mol. The van der Waals surface area contributed by atoms with Gasteiger partial charge in [0.05, 0.1) is 11.5 Å². The van der Waals surface area contributed by atoms with E-state index in [1.54, 1.807) is 0 Å². The molecule has 0 aliphatic carbocycles. The minimum atomic E-state index is -4.60. The van der Waals surface area contributed by atoms with Gasteiger partial charge in [0.2, 0.25) is 11.8 Å². The number of hydrogen-bond donors (Lipinski definition) is 1. The normalized spacial score (nSPS) is 18.6. The number of carbonyl (C=O) groups excluding carboxylic acids is 2. The molecule has 2 amide bonds. The van der Waals surface area contributed by atoms with E-state index in [9.17, 15) is 35.9 Å². The number of halogens is 6. The number of hydrogen-bond acceptors (Lipinski definition) is 2. The molecule has 1 aliphatic heterocycles. The van der Waals surface area contributed by atoms with Gasteiger partial charge in [0.25, 0.3) is 0 Å². The number of benzene rings is 1. The number of carbonyl (C=O) groups is 2. The van der Waals surface area contributed by atoms with Crippen molar-refractivity contribution in [3.63, 3.8) is 0 Å². The molecule has 1 unspecified atom stereocenters. The monoisotopic (exact) mass is 368 g/mol. The highest BCUT2D eigenvalue weighted by molar-refractivity contribution is 5.97. The molecule has 1 atom stereocenters. The first-order valence-corrected chi connectivity index (χ1v) is 7.20. The molecule has 0 bridgehead atoms. The van der Waals surface area contributed by atoms with Crippen LogP contribution in [0.15, 0.2) is 18.2 Å². The van der Waals surface area contributed by atoms with Crippen LogP contribution in [0.3, 0.4) is 0 Å². The maximum absolute atomic E-state index is 12.9. The van der Waals surface area contributed by atoms with Gasteiger partial charge in [0, 0.05) is 18.7 Å². The first-order valence-electron chi connectivity index (χ1n) is 7.20. The van der Waals surface area contributed by atoms with Gasteiger partial charge in [0.1, 0.15) is 6.54 Å². The Morgan fingerprint density at radius 3 is 2.44 bits per heavy atom. The van der Waals surface area contributed by atoms with Gasteiger partial charge in [-0.1, -0.05) is 6.07 Å². The molecule has 1 heterocycles. The van der Waals surface area contributed by atoms with E-state index < -0.39 is 55.2 Å². The number of anilines is 1. The fraction of sp³-hybridized carbons (Fsp3) is 0.467. The first-order chi connectivity index (χ1) is 11.4. The van der Waals surface area contributed by atoms with Crippen molar-refractivity contribution in [3.8, 4) is 0 Å². The summed E-state index contributed by atoms with van der Waals surface area (Å²) in [7, 11) is 0. The smallest absolute Gasteiger partial charge is 0.333 e. The first kappa shape index (κ1) is 19.1. The van der Waals surface area contributed by atoms with Crippen molar-refractivity contribution in [1.82, 2.24) is 4.90 Å². The van der Waals surface area contributed by atoms with Gasteiger partial charge in [-0.3, -0.25) is 9.59 Å². The van der Waals surface area contributed by atoms with E-state index in [1.165, 1.54) is 19.1 Å². The minimum absolute atomic E-state index is 0.0297. The second-order valence-corrected chi connectivity index (χ2v) is 5.81. The topological polar surface area (TPSA) is 49.4 Å². The quantitative estimate of drug-likeness (QED) is 0.832. The maximum atomic E-state index is 12.9. The maximum Gasteiger partial charge on any atom is 0.416 e. The van der Waals surface area contributed by atoms with Crippen LogP contribution in [0.1, 0.15) is 17.5 Å². The van der Waals surface area contributed by atoms with Gasteiger partial charge in [-0.15, -0.1) is 0 Å². The van der Waals surface area contributed by atoms with Crippen molar-refractivity contribution in [2.24, 2.45) is 5.92 Å². The number of rotatable bonds is 3. The average Bonchev–Trinajstić information content (AvgIpc) is 2.79. The molecule has 2 rings (SSSR count). The van der Waals surface area contributed by atoms with Crippen LogP contribution in [0.4, 0.5) is 32.0 Å². The summed E-state index contributed by atoms with van der Waals surface area (Å²) in [5.74, 6) is -2.67. The average molecular weight is 368 g/mol. The molecule has 1 N–H and O–H groups in total. The van der Waals surface area contributed by atoms with E-state index in [4.69, 9.17) is 0 Å². The van der Waals surface area contributed by atoms with E-state index in [0.717, 1.165) is 6.07 Å². The molecule has 0 aromatic heterocycles. The standard InChI is InChI=1S/C15H14F6N2O2/c1-8-2-3-10(5-11(8)15(19,20)21)22-13(25)9-4-12(24)23(6-9)7-14(16,17)18/h2-3,5,9H,4,6-7H2,1H3,(H,22,25). The lowest BCUT2D eigenvalue weighted by Crippen LogP contribution is -2.36. The second kappa shape index (κ2) is 6.57. The summed E-state index contributed by atoms with van der Waals surface area (Å²) in [6, 6.07) is 3.18. The number of likely N-dealkylation sites (tertiary alicyclic amines) is 1.